The van der Waals surface area contributed by atoms with Gasteiger partial charge in [-0.25, -0.2) is 9.67 Å². The Morgan fingerprint density at radius 2 is 2.26 bits per heavy atom. The summed E-state index contributed by atoms with van der Waals surface area (Å²) in [4.78, 5) is 15.5. The summed E-state index contributed by atoms with van der Waals surface area (Å²) in [5.74, 6) is 0.391. The zero-order valence-electron chi connectivity index (χ0n) is 11.1. The molecule has 0 aromatic carbocycles. The van der Waals surface area contributed by atoms with Crippen LogP contribution in [-0.4, -0.2) is 30.9 Å². The first-order valence-corrected chi connectivity index (χ1v) is 5.85. The van der Waals surface area contributed by atoms with Crippen LogP contribution in [-0.2, 0) is 16.8 Å². The molecule has 1 amide bonds. The molecule has 8 nitrogen and oxygen atoms in total. The molecule has 0 unspecified atom stereocenters. The number of aromatic amines is 1. The first-order chi connectivity index (χ1) is 8.84. The maximum Gasteiger partial charge on any atom is 0.247 e. The number of carbonyl (C=O) groups is 1. The van der Waals surface area contributed by atoms with E-state index in [9.17, 15) is 4.79 Å². The van der Waals surface area contributed by atoms with Crippen molar-refractivity contribution >= 4 is 17.7 Å². The number of nitrogen functional groups attached to an aromatic ring is 1. The molecule has 0 saturated heterocycles. The van der Waals surface area contributed by atoms with Crippen LogP contribution in [0, 0.1) is 0 Å². The Hall–Kier alpha value is -2.38. The molecule has 2 aromatic rings. The van der Waals surface area contributed by atoms with Gasteiger partial charge >= 0.3 is 0 Å². The quantitative estimate of drug-likeness (QED) is 0.746. The Labute approximate surface area is 110 Å². The lowest BCUT2D eigenvalue weighted by Gasteiger charge is -2.14. The van der Waals surface area contributed by atoms with Gasteiger partial charge in [0, 0.05) is 17.2 Å². The van der Waals surface area contributed by atoms with Gasteiger partial charge in [0.2, 0.25) is 11.9 Å². The van der Waals surface area contributed by atoms with Crippen LogP contribution >= 0.6 is 0 Å². The summed E-state index contributed by atoms with van der Waals surface area (Å²) in [5, 5.41) is 13.5. The fraction of sp³-hybridized carbons (Fsp3) is 0.455. The molecule has 0 bridgehead atoms. The summed E-state index contributed by atoms with van der Waals surface area (Å²) >= 11 is 0. The Morgan fingerprint density at radius 1 is 1.53 bits per heavy atom. The van der Waals surface area contributed by atoms with Gasteiger partial charge in [0.05, 0.1) is 0 Å². The van der Waals surface area contributed by atoms with E-state index >= 15 is 0 Å². The van der Waals surface area contributed by atoms with Crippen molar-refractivity contribution in [3.05, 3.63) is 18.1 Å². The fourth-order valence-electron chi connectivity index (χ4n) is 1.48. The number of nitrogens with two attached hydrogens (primary N) is 1. The van der Waals surface area contributed by atoms with Gasteiger partial charge in [0.15, 0.2) is 5.82 Å². The number of amides is 1. The molecule has 0 aliphatic carbocycles. The van der Waals surface area contributed by atoms with Crippen LogP contribution in [0.15, 0.2) is 12.4 Å². The highest BCUT2D eigenvalue weighted by molar-refractivity contribution is 5.89. The Balaban J connectivity index is 1.97. The Bertz CT molecular complexity index is 578. The lowest BCUT2D eigenvalue weighted by molar-refractivity contribution is -0.116. The van der Waals surface area contributed by atoms with Gasteiger partial charge in [-0.05, 0) is 0 Å². The number of nitrogens with one attached hydrogen (secondary N) is 2. The van der Waals surface area contributed by atoms with E-state index in [1.807, 2.05) is 6.07 Å². The maximum absolute atomic E-state index is 11.8. The van der Waals surface area contributed by atoms with E-state index in [1.165, 1.54) is 11.0 Å². The van der Waals surface area contributed by atoms with Crippen molar-refractivity contribution in [2.75, 3.05) is 11.1 Å². The van der Waals surface area contributed by atoms with Crippen molar-refractivity contribution in [3.8, 4) is 0 Å². The predicted octanol–water partition coefficient (Wildman–Crippen LogP) is 0.520. The SMILES string of the molecule is CC(C)(C)c1cc(NC(=O)Cn2cnc(N)n2)n[nH]1. The molecule has 0 aliphatic rings. The second-order valence-corrected chi connectivity index (χ2v) is 5.27. The van der Waals surface area contributed by atoms with Crippen molar-refractivity contribution in [3.63, 3.8) is 0 Å². The standard InChI is InChI=1S/C11H17N7O/c1-11(2,3)7-4-8(16-15-7)14-9(19)5-18-6-13-10(12)17-18/h4,6H,5H2,1-3H3,(H2,12,17)(H2,14,15,16,19). The van der Waals surface area contributed by atoms with E-state index in [0.29, 0.717) is 5.82 Å². The average molecular weight is 263 g/mol. The van der Waals surface area contributed by atoms with Crippen LogP contribution in [0.4, 0.5) is 11.8 Å². The minimum absolute atomic E-state index is 0.0436. The molecular formula is C11H17N7O. The fourth-order valence-corrected chi connectivity index (χ4v) is 1.48. The topological polar surface area (TPSA) is 115 Å². The van der Waals surface area contributed by atoms with E-state index in [2.05, 4.69) is 46.4 Å². The molecule has 4 N–H and O–H groups in total. The number of H-pyrrole nitrogens is 1. The highest BCUT2D eigenvalue weighted by Gasteiger charge is 2.17. The number of rotatable bonds is 3. The molecule has 102 valence electrons. The monoisotopic (exact) mass is 263 g/mol. The molecular weight excluding hydrogens is 246 g/mol. The van der Waals surface area contributed by atoms with Crippen LogP contribution < -0.4 is 11.1 Å². The molecule has 2 rings (SSSR count). The molecule has 0 fully saturated rings. The van der Waals surface area contributed by atoms with Crippen molar-refractivity contribution in [2.24, 2.45) is 0 Å². The second-order valence-electron chi connectivity index (χ2n) is 5.27. The molecule has 8 heteroatoms. The Morgan fingerprint density at radius 3 is 2.79 bits per heavy atom. The molecule has 0 saturated carbocycles. The van der Waals surface area contributed by atoms with Crippen molar-refractivity contribution in [1.82, 2.24) is 25.0 Å². The van der Waals surface area contributed by atoms with Gasteiger partial charge in [-0.15, -0.1) is 5.10 Å². The third-order valence-corrected chi connectivity index (χ3v) is 2.51. The van der Waals surface area contributed by atoms with Crippen molar-refractivity contribution < 1.29 is 4.79 Å². The van der Waals surface area contributed by atoms with Gasteiger partial charge in [-0.2, -0.15) is 5.10 Å². The normalized spacial score (nSPS) is 11.5. The Kier molecular flexibility index (Phi) is 3.24. The summed E-state index contributed by atoms with van der Waals surface area (Å²) in [5.41, 5.74) is 6.27. The predicted molar refractivity (Wildman–Crippen MR) is 70.4 cm³/mol. The minimum Gasteiger partial charge on any atom is -0.367 e. The van der Waals surface area contributed by atoms with E-state index < -0.39 is 0 Å². The van der Waals surface area contributed by atoms with E-state index in [-0.39, 0.29) is 23.8 Å². The largest absolute Gasteiger partial charge is 0.367 e. The first kappa shape index (κ1) is 13.1. The summed E-state index contributed by atoms with van der Waals surface area (Å²) in [6.07, 6.45) is 1.40. The molecule has 19 heavy (non-hydrogen) atoms. The summed E-state index contributed by atoms with van der Waals surface area (Å²) in [6.45, 7) is 6.22. The van der Waals surface area contributed by atoms with Crippen LogP contribution in [0.5, 0.6) is 0 Å². The highest BCUT2D eigenvalue weighted by atomic mass is 16.2. The van der Waals surface area contributed by atoms with E-state index in [1.54, 1.807) is 0 Å². The number of hydrogen-bond donors (Lipinski definition) is 3. The second kappa shape index (κ2) is 4.71. The lowest BCUT2D eigenvalue weighted by atomic mass is 9.92. The van der Waals surface area contributed by atoms with Crippen LogP contribution in [0.1, 0.15) is 26.5 Å². The van der Waals surface area contributed by atoms with Gasteiger partial charge in [-0.1, -0.05) is 20.8 Å². The first-order valence-electron chi connectivity index (χ1n) is 5.85. The number of nitrogens with zero attached hydrogens (tertiary/aromatic N) is 4. The summed E-state index contributed by atoms with van der Waals surface area (Å²) in [7, 11) is 0. The van der Waals surface area contributed by atoms with Gasteiger partial charge in [0.1, 0.15) is 12.9 Å². The molecule has 2 heterocycles. The minimum atomic E-state index is -0.239. The third kappa shape index (κ3) is 3.30. The van der Waals surface area contributed by atoms with Crippen LogP contribution in [0.2, 0.25) is 0 Å². The molecule has 0 aliphatic heterocycles. The third-order valence-electron chi connectivity index (χ3n) is 2.51. The van der Waals surface area contributed by atoms with Crippen molar-refractivity contribution in [1.29, 1.82) is 0 Å². The number of aromatic nitrogens is 5. The van der Waals surface area contributed by atoms with Crippen molar-refractivity contribution in [2.45, 2.75) is 32.7 Å². The molecule has 2 aromatic heterocycles. The maximum atomic E-state index is 11.8. The summed E-state index contributed by atoms with van der Waals surface area (Å²) < 4.78 is 1.36. The number of carbonyl (C=O) groups excluding carboxylic acids is 1. The summed E-state index contributed by atoms with van der Waals surface area (Å²) in [6, 6.07) is 1.81. The molecule has 0 atom stereocenters. The van der Waals surface area contributed by atoms with E-state index in [0.717, 1.165) is 5.69 Å². The zero-order chi connectivity index (χ0) is 14.0. The molecule has 0 spiro atoms. The highest BCUT2D eigenvalue weighted by Crippen LogP contribution is 2.21. The lowest BCUT2D eigenvalue weighted by Crippen LogP contribution is -2.19. The van der Waals surface area contributed by atoms with Crippen LogP contribution in [0.3, 0.4) is 0 Å². The van der Waals surface area contributed by atoms with Gasteiger partial charge in [0.25, 0.3) is 0 Å². The molecule has 0 radical (unpaired) electrons. The van der Waals surface area contributed by atoms with Gasteiger partial charge < -0.3 is 11.1 Å². The van der Waals surface area contributed by atoms with Crippen LogP contribution in [0.25, 0.3) is 0 Å². The number of hydrogen-bond acceptors (Lipinski definition) is 5. The number of anilines is 2. The zero-order valence-corrected chi connectivity index (χ0v) is 11.1. The smallest absolute Gasteiger partial charge is 0.247 e. The van der Waals surface area contributed by atoms with Gasteiger partial charge in [-0.3, -0.25) is 9.89 Å². The average Bonchev–Trinajstić information content (AvgIpc) is 2.87. The van der Waals surface area contributed by atoms with E-state index in [4.69, 9.17) is 5.73 Å².